The van der Waals surface area contributed by atoms with Crippen LogP contribution in [0.2, 0.25) is 0 Å². The van der Waals surface area contributed by atoms with Crippen molar-refractivity contribution in [3.05, 3.63) is 39.7 Å². The number of hydrogen-bond donors (Lipinski definition) is 3. The fourth-order valence-corrected chi connectivity index (χ4v) is 2.95. The van der Waals surface area contributed by atoms with Crippen molar-refractivity contribution in [3.8, 4) is 0 Å². The van der Waals surface area contributed by atoms with Crippen LogP contribution in [-0.2, 0) is 6.42 Å². The Kier molecular flexibility index (Phi) is 4.24. The molecule has 0 amide bonds. The van der Waals surface area contributed by atoms with Crippen molar-refractivity contribution < 1.29 is 9.90 Å². The van der Waals surface area contributed by atoms with Gasteiger partial charge in [0.25, 0.3) is 0 Å². The first kappa shape index (κ1) is 14.3. The van der Waals surface area contributed by atoms with E-state index >= 15 is 0 Å². The molecule has 4 N–H and O–H groups in total. The topological polar surface area (TPSA) is 88.2 Å². The van der Waals surface area contributed by atoms with Gasteiger partial charge in [-0.25, -0.2) is 9.78 Å². The molecule has 2 aromatic rings. The molecule has 2 aromatic heterocycles. The highest BCUT2D eigenvalue weighted by molar-refractivity contribution is 7.11. The Bertz CT molecular complexity index is 625. The second kappa shape index (κ2) is 5.92. The first-order valence-corrected chi connectivity index (χ1v) is 7.08. The molecular formula is C14H17N3O2S. The lowest BCUT2D eigenvalue weighted by atomic mass is 10.2. The summed E-state index contributed by atoms with van der Waals surface area (Å²) in [5.74, 6) is -0.521. The molecule has 0 radical (unpaired) electrons. The second-order valence-electron chi connectivity index (χ2n) is 4.72. The molecular weight excluding hydrogens is 274 g/mol. The van der Waals surface area contributed by atoms with Crippen LogP contribution in [0.1, 0.15) is 27.0 Å². The van der Waals surface area contributed by atoms with Gasteiger partial charge in [0.2, 0.25) is 0 Å². The summed E-state index contributed by atoms with van der Waals surface area (Å²) < 4.78 is 0. The minimum atomic E-state index is -1.05. The number of rotatable bonds is 5. The third-order valence-electron chi connectivity index (χ3n) is 2.86. The van der Waals surface area contributed by atoms with Crippen LogP contribution in [0.3, 0.4) is 0 Å². The molecule has 0 fully saturated rings. The van der Waals surface area contributed by atoms with Gasteiger partial charge in [-0.15, -0.1) is 11.3 Å². The van der Waals surface area contributed by atoms with E-state index in [1.807, 2.05) is 6.92 Å². The number of carbonyl (C=O) groups is 1. The van der Waals surface area contributed by atoms with E-state index in [4.69, 9.17) is 10.8 Å². The van der Waals surface area contributed by atoms with Crippen LogP contribution in [0, 0.1) is 6.92 Å². The number of aromatic carboxylic acids is 1. The SMILES string of the molecule is Cc1ccc(CC(C)Nc2cc(C(=O)O)c(N)cn2)s1. The molecule has 106 valence electrons. The number of thiophene rings is 1. The van der Waals surface area contributed by atoms with E-state index in [1.54, 1.807) is 11.3 Å². The zero-order valence-electron chi connectivity index (χ0n) is 11.4. The Balaban J connectivity index is 2.06. The number of anilines is 2. The Labute approximate surface area is 121 Å². The highest BCUT2D eigenvalue weighted by Crippen LogP contribution is 2.19. The number of pyridine rings is 1. The largest absolute Gasteiger partial charge is 0.478 e. The molecule has 1 atom stereocenters. The minimum Gasteiger partial charge on any atom is -0.478 e. The summed E-state index contributed by atoms with van der Waals surface area (Å²) in [6, 6.07) is 5.83. The van der Waals surface area contributed by atoms with Gasteiger partial charge in [-0.05, 0) is 32.0 Å². The number of nitrogens with one attached hydrogen (secondary N) is 1. The van der Waals surface area contributed by atoms with Crippen molar-refractivity contribution in [1.82, 2.24) is 4.98 Å². The first-order chi connectivity index (χ1) is 9.45. The Hall–Kier alpha value is -2.08. The molecule has 0 bridgehead atoms. The fourth-order valence-electron chi connectivity index (χ4n) is 1.93. The monoisotopic (exact) mass is 291 g/mol. The maximum atomic E-state index is 11.0. The number of carboxylic acid groups (broad SMARTS) is 1. The summed E-state index contributed by atoms with van der Waals surface area (Å²) in [5.41, 5.74) is 5.82. The number of nitrogens with zero attached hydrogens (tertiary/aromatic N) is 1. The zero-order valence-corrected chi connectivity index (χ0v) is 12.2. The van der Waals surface area contributed by atoms with Gasteiger partial charge < -0.3 is 16.2 Å². The summed E-state index contributed by atoms with van der Waals surface area (Å²) in [6.07, 6.45) is 2.24. The van der Waals surface area contributed by atoms with Crippen LogP contribution in [-0.4, -0.2) is 22.1 Å². The van der Waals surface area contributed by atoms with E-state index < -0.39 is 5.97 Å². The van der Waals surface area contributed by atoms with Gasteiger partial charge in [-0.2, -0.15) is 0 Å². The molecule has 0 aromatic carbocycles. The van der Waals surface area contributed by atoms with Crippen LogP contribution in [0.25, 0.3) is 0 Å². The minimum absolute atomic E-state index is 0.0710. The van der Waals surface area contributed by atoms with Gasteiger partial charge in [0.05, 0.1) is 17.4 Å². The molecule has 0 saturated heterocycles. The summed E-state index contributed by atoms with van der Waals surface area (Å²) in [5, 5.41) is 12.2. The lowest BCUT2D eigenvalue weighted by Gasteiger charge is -2.14. The zero-order chi connectivity index (χ0) is 14.7. The normalized spacial score (nSPS) is 12.1. The summed E-state index contributed by atoms with van der Waals surface area (Å²) in [7, 11) is 0. The number of nitrogen functional groups attached to an aromatic ring is 1. The fraction of sp³-hybridized carbons (Fsp3) is 0.286. The van der Waals surface area contributed by atoms with Crippen molar-refractivity contribution in [2.45, 2.75) is 26.3 Å². The van der Waals surface area contributed by atoms with Gasteiger partial charge in [-0.3, -0.25) is 0 Å². The molecule has 5 nitrogen and oxygen atoms in total. The number of carboxylic acids is 1. The van der Waals surface area contributed by atoms with Crippen molar-refractivity contribution in [2.75, 3.05) is 11.1 Å². The van der Waals surface area contributed by atoms with E-state index in [0.29, 0.717) is 5.82 Å². The summed E-state index contributed by atoms with van der Waals surface area (Å²) in [6.45, 7) is 4.11. The first-order valence-electron chi connectivity index (χ1n) is 6.26. The van der Waals surface area contributed by atoms with Crippen molar-refractivity contribution in [2.24, 2.45) is 0 Å². The molecule has 20 heavy (non-hydrogen) atoms. The number of aryl methyl sites for hydroxylation is 1. The van der Waals surface area contributed by atoms with E-state index in [-0.39, 0.29) is 17.3 Å². The quantitative estimate of drug-likeness (QED) is 0.788. The highest BCUT2D eigenvalue weighted by atomic mass is 32.1. The average Bonchev–Trinajstić information content (AvgIpc) is 2.76. The molecule has 0 aliphatic heterocycles. The van der Waals surface area contributed by atoms with Gasteiger partial charge in [-0.1, -0.05) is 0 Å². The van der Waals surface area contributed by atoms with E-state index in [2.05, 4.69) is 29.4 Å². The molecule has 6 heteroatoms. The average molecular weight is 291 g/mol. The molecule has 0 aliphatic carbocycles. The third-order valence-corrected chi connectivity index (χ3v) is 3.89. The lowest BCUT2D eigenvalue weighted by molar-refractivity contribution is 0.0698. The predicted octanol–water partition coefficient (Wildman–Crippen LogP) is 2.78. The molecule has 1 unspecified atom stereocenters. The standard InChI is InChI=1S/C14H17N3O2S/c1-8(5-10-4-3-9(2)20-10)17-13-6-11(14(18)19)12(15)7-16-13/h3-4,6-8H,5,15H2,1-2H3,(H,16,17)(H,18,19). The number of hydrogen-bond acceptors (Lipinski definition) is 5. The molecule has 0 aliphatic rings. The highest BCUT2D eigenvalue weighted by Gasteiger charge is 2.11. The van der Waals surface area contributed by atoms with Gasteiger partial charge in [0, 0.05) is 22.2 Å². The molecule has 0 spiro atoms. The number of nitrogens with two attached hydrogens (primary N) is 1. The maximum Gasteiger partial charge on any atom is 0.337 e. The lowest BCUT2D eigenvalue weighted by Crippen LogP contribution is -2.19. The van der Waals surface area contributed by atoms with Crippen LogP contribution in [0.4, 0.5) is 11.5 Å². The van der Waals surface area contributed by atoms with E-state index in [0.717, 1.165) is 6.42 Å². The van der Waals surface area contributed by atoms with Crippen molar-refractivity contribution in [1.29, 1.82) is 0 Å². The maximum absolute atomic E-state index is 11.0. The summed E-state index contributed by atoms with van der Waals surface area (Å²) in [4.78, 5) is 17.7. The smallest absolute Gasteiger partial charge is 0.337 e. The molecule has 2 rings (SSSR count). The van der Waals surface area contributed by atoms with Gasteiger partial charge in [0.1, 0.15) is 5.82 Å². The van der Waals surface area contributed by atoms with Crippen molar-refractivity contribution in [3.63, 3.8) is 0 Å². The van der Waals surface area contributed by atoms with E-state index in [1.165, 1.54) is 22.0 Å². The predicted molar refractivity (Wildman–Crippen MR) is 81.5 cm³/mol. The van der Waals surface area contributed by atoms with Crippen LogP contribution < -0.4 is 11.1 Å². The van der Waals surface area contributed by atoms with Crippen LogP contribution >= 0.6 is 11.3 Å². The van der Waals surface area contributed by atoms with Crippen LogP contribution in [0.5, 0.6) is 0 Å². The number of aromatic nitrogens is 1. The van der Waals surface area contributed by atoms with Gasteiger partial charge >= 0.3 is 5.97 Å². The molecule has 2 heterocycles. The third kappa shape index (κ3) is 3.48. The van der Waals surface area contributed by atoms with Gasteiger partial charge in [0.15, 0.2) is 0 Å². The van der Waals surface area contributed by atoms with Crippen molar-refractivity contribution >= 4 is 28.8 Å². The Morgan fingerprint density at radius 3 is 2.90 bits per heavy atom. The van der Waals surface area contributed by atoms with E-state index in [9.17, 15) is 4.79 Å². The Morgan fingerprint density at radius 2 is 2.30 bits per heavy atom. The summed E-state index contributed by atoms with van der Waals surface area (Å²) >= 11 is 1.76. The Morgan fingerprint density at radius 1 is 1.55 bits per heavy atom. The molecule has 0 saturated carbocycles. The second-order valence-corrected chi connectivity index (χ2v) is 6.10. The van der Waals surface area contributed by atoms with Crippen LogP contribution in [0.15, 0.2) is 24.4 Å².